The lowest BCUT2D eigenvalue weighted by Gasteiger charge is -2.30. The normalized spacial score (nSPS) is 27.2. The molecular weight excluding hydrogens is 290 g/mol. The Morgan fingerprint density at radius 3 is 2.91 bits per heavy atom. The van der Waals surface area contributed by atoms with Gasteiger partial charge in [-0.3, -0.25) is 4.90 Å². The molecule has 1 aliphatic carbocycles. The van der Waals surface area contributed by atoms with Gasteiger partial charge in [0.05, 0.1) is 6.54 Å². The van der Waals surface area contributed by atoms with E-state index >= 15 is 0 Å². The van der Waals surface area contributed by atoms with E-state index in [1.54, 1.807) is 4.90 Å². The van der Waals surface area contributed by atoms with E-state index in [0.29, 0.717) is 12.5 Å². The molecule has 3 aliphatic rings. The molecule has 1 spiro atoms. The number of rotatable bonds is 2. The number of anilines is 1. The highest BCUT2D eigenvalue weighted by Gasteiger charge is 2.46. The summed E-state index contributed by atoms with van der Waals surface area (Å²) in [6.07, 6.45) is 9.55. The Morgan fingerprint density at radius 2 is 2.13 bits per heavy atom. The summed E-state index contributed by atoms with van der Waals surface area (Å²) < 4.78 is 5.78. The van der Waals surface area contributed by atoms with Crippen molar-refractivity contribution in [3.8, 4) is 0 Å². The molecule has 3 fully saturated rings. The molecule has 1 N–H and O–H groups in total. The minimum absolute atomic E-state index is 0.224. The van der Waals surface area contributed by atoms with E-state index < -0.39 is 0 Å². The fourth-order valence-corrected chi connectivity index (χ4v) is 4.23. The van der Waals surface area contributed by atoms with Crippen LogP contribution in [0.5, 0.6) is 0 Å². The van der Waals surface area contributed by atoms with Gasteiger partial charge in [0.1, 0.15) is 11.4 Å². The SMILES string of the molecule is O=C1OC2(CCCCC2)CN1c1cc([C@@H]2CCCNC2)ccn1. The predicted octanol–water partition coefficient (Wildman–Crippen LogP) is 3.21. The zero-order chi connectivity index (χ0) is 15.7. The zero-order valence-electron chi connectivity index (χ0n) is 13.6. The smallest absolute Gasteiger partial charge is 0.416 e. The van der Waals surface area contributed by atoms with Crippen molar-refractivity contribution < 1.29 is 9.53 Å². The summed E-state index contributed by atoms with van der Waals surface area (Å²) in [7, 11) is 0. The molecule has 5 nitrogen and oxygen atoms in total. The van der Waals surface area contributed by atoms with Crippen LogP contribution in [0.1, 0.15) is 56.4 Å². The molecule has 5 heteroatoms. The minimum atomic E-state index is -0.264. The van der Waals surface area contributed by atoms with E-state index in [1.807, 2.05) is 6.20 Å². The van der Waals surface area contributed by atoms with E-state index in [0.717, 1.165) is 44.6 Å². The Hall–Kier alpha value is -1.62. The summed E-state index contributed by atoms with van der Waals surface area (Å²) in [6, 6.07) is 4.17. The lowest BCUT2D eigenvalue weighted by Crippen LogP contribution is -2.36. The molecule has 0 bridgehead atoms. The second kappa shape index (κ2) is 6.11. The molecule has 1 amide bonds. The number of ether oxygens (including phenoxy) is 1. The summed E-state index contributed by atoms with van der Waals surface area (Å²) in [6.45, 7) is 2.78. The first-order chi connectivity index (χ1) is 11.3. The molecule has 1 aromatic heterocycles. The van der Waals surface area contributed by atoms with Crippen molar-refractivity contribution >= 4 is 11.9 Å². The van der Waals surface area contributed by atoms with Crippen molar-refractivity contribution in [3.05, 3.63) is 23.9 Å². The number of carbonyl (C=O) groups is 1. The van der Waals surface area contributed by atoms with Gasteiger partial charge in [0.15, 0.2) is 0 Å². The summed E-state index contributed by atoms with van der Waals surface area (Å²) in [5.74, 6) is 1.27. The number of pyridine rings is 1. The van der Waals surface area contributed by atoms with E-state index in [2.05, 4.69) is 22.4 Å². The molecule has 0 unspecified atom stereocenters. The third-order valence-electron chi connectivity index (χ3n) is 5.55. The molecule has 124 valence electrons. The summed E-state index contributed by atoms with van der Waals surface area (Å²) in [5, 5.41) is 3.45. The molecule has 2 aliphatic heterocycles. The fraction of sp³-hybridized carbons (Fsp3) is 0.667. The van der Waals surface area contributed by atoms with Gasteiger partial charge >= 0.3 is 6.09 Å². The number of carbonyl (C=O) groups excluding carboxylic acids is 1. The highest BCUT2D eigenvalue weighted by molar-refractivity contribution is 5.89. The van der Waals surface area contributed by atoms with Crippen LogP contribution in [-0.4, -0.2) is 36.3 Å². The molecule has 0 radical (unpaired) electrons. The third kappa shape index (κ3) is 2.94. The molecular formula is C18H25N3O2. The molecule has 0 aromatic carbocycles. The Labute approximate surface area is 137 Å². The molecule has 4 rings (SSSR count). The highest BCUT2D eigenvalue weighted by Crippen LogP contribution is 2.38. The first-order valence-electron chi connectivity index (χ1n) is 8.93. The first kappa shape index (κ1) is 14.9. The van der Waals surface area contributed by atoms with Gasteiger partial charge in [-0.1, -0.05) is 6.42 Å². The molecule has 2 saturated heterocycles. The van der Waals surface area contributed by atoms with Gasteiger partial charge in [-0.05, 0) is 68.7 Å². The highest BCUT2D eigenvalue weighted by atomic mass is 16.6. The van der Waals surface area contributed by atoms with Crippen molar-refractivity contribution in [3.63, 3.8) is 0 Å². The Morgan fingerprint density at radius 1 is 1.26 bits per heavy atom. The molecule has 1 atom stereocenters. The number of nitrogens with zero attached hydrogens (tertiary/aromatic N) is 2. The fourth-order valence-electron chi connectivity index (χ4n) is 4.23. The van der Waals surface area contributed by atoms with Gasteiger partial charge in [-0.2, -0.15) is 0 Å². The average molecular weight is 315 g/mol. The van der Waals surface area contributed by atoms with Crippen molar-refractivity contribution in [2.75, 3.05) is 24.5 Å². The lowest BCUT2D eigenvalue weighted by atomic mass is 9.85. The van der Waals surface area contributed by atoms with E-state index in [1.165, 1.54) is 24.8 Å². The predicted molar refractivity (Wildman–Crippen MR) is 88.7 cm³/mol. The number of aromatic nitrogens is 1. The quantitative estimate of drug-likeness (QED) is 0.910. The maximum Gasteiger partial charge on any atom is 0.416 e. The zero-order valence-corrected chi connectivity index (χ0v) is 13.6. The van der Waals surface area contributed by atoms with Gasteiger partial charge in [-0.25, -0.2) is 9.78 Å². The van der Waals surface area contributed by atoms with Crippen LogP contribution in [0.2, 0.25) is 0 Å². The summed E-state index contributed by atoms with van der Waals surface area (Å²) >= 11 is 0. The topological polar surface area (TPSA) is 54.5 Å². The van der Waals surface area contributed by atoms with Crippen LogP contribution in [0.3, 0.4) is 0 Å². The van der Waals surface area contributed by atoms with Gasteiger partial charge in [0.2, 0.25) is 0 Å². The van der Waals surface area contributed by atoms with Gasteiger partial charge in [0, 0.05) is 12.7 Å². The maximum atomic E-state index is 12.4. The average Bonchev–Trinajstić information content (AvgIpc) is 2.92. The Bertz CT molecular complexity index is 577. The van der Waals surface area contributed by atoms with Crippen molar-refractivity contribution in [1.82, 2.24) is 10.3 Å². The van der Waals surface area contributed by atoms with Crippen LogP contribution in [0.15, 0.2) is 18.3 Å². The second-order valence-corrected chi connectivity index (χ2v) is 7.19. The third-order valence-corrected chi connectivity index (χ3v) is 5.55. The van der Waals surface area contributed by atoms with Crippen LogP contribution in [0.25, 0.3) is 0 Å². The van der Waals surface area contributed by atoms with Gasteiger partial charge < -0.3 is 10.1 Å². The van der Waals surface area contributed by atoms with Gasteiger partial charge in [-0.15, -0.1) is 0 Å². The van der Waals surface area contributed by atoms with Crippen LogP contribution < -0.4 is 10.2 Å². The molecule has 3 heterocycles. The van der Waals surface area contributed by atoms with Crippen molar-refractivity contribution in [2.45, 2.75) is 56.5 Å². The number of nitrogens with one attached hydrogen (secondary N) is 1. The van der Waals surface area contributed by atoms with E-state index in [-0.39, 0.29) is 11.7 Å². The van der Waals surface area contributed by atoms with Crippen LogP contribution in [0.4, 0.5) is 10.6 Å². The lowest BCUT2D eigenvalue weighted by molar-refractivity contribution is 0.0260. The largest absolute Gasteiger partial charge is 0.441 e. The molecule has 1 saturated carbocycles. The van der Waals surface area contributed by atoms with Crippen LogP contribution in [0, 0.1) is 0 Å². The van der Waals surface area contributed by atoms with E-state index in [4.69, 9.17) is 4.74 Å². The number of hydrogen-bond donors (Lipinski definition) is 1. The van der Waals surface area contributed by atoms with E-state index in [9.17, 15) is 4.79 Å². The Balaban J connectivity index is 1.54. The minimum Gasteiger partial charge on any atom is -0.441 e. The number of hydrogen-bond acceptors (Lipinski definition) is 4. The second-order valence-electron chi connectivity index (χ2n) is 7.19. The van der Waals surface area contributed by atoms with Crippen LogP contribution in [-0.2, 0) is 4.74 Å². The first-order valence-corrected chi connectivity index (χ1v) is 8.93. The number of amides is 1. The van der Waals surface area contributed by atoms with Crippen molar-refractivity contribution in [1.29, 1.82) is 0 Å². The monoisotopic (exact) mass is 315 g/mol. The van der Waals surface area contributed by atoms with Crippen LogP contribution >= 0.6 is 0 Å². The summed E-state index contributed by atoms with van der Waals surface area (Å²) in [5.41, 5.74) is 1.01. The van der Waals surface area contributed by atoms with Gasteiger partial charge in [0.25, 0.3) is 0 Å². The summed E-state index contributed by atoms with van der Waals surface area (Å²) in [4.78, 5) is 18.6. The molecule has 1 aromatic rings. The van der Waals surface area contributed by atoms with Crippen molar-refractivity contribution in [2.24, 2.45) is 0 Å². The molecule has 23 heavy (non-hydrogen) atoms. The Kier molecular flexibility index (Phi) is 3.97. The maximum absolute atomic E-state index is 12.4. The number of piperidine rings is 1. The standard InChI is InChI=1S/C18H25N3O2/c22-17-21(13-18(23-17)7-2-1-3-8-18)16-11-14(6-10-20-16)15-5-4-9-19-12-15/h6,10-11,15,19H,1-5,7-9,12-13H2/t15-/m1/s1.